The molecule has 0 spiro atoms. The molecule has 0 aliphatic carbocycles. The maximum absolute atomic E-state index is 12.1. The molecule has 2 aromatic heterocycles. The van der Waals surface area contributed by atoms with Crippen LogP contribution in [-0.4, -0.2) is 42.1 Å². The van der Waals surface area contributed by atoms with Crippen molar-refractivity contribution in [1.82, 2.24) is 20.2 Å². The lowest BCUT2D eigenvalue weighted by molar-refractivity contribution is 0.391. The molecule has 0 atom stereocenters. The van der Waals surface area contributed by atoms with Crippen molar-refractivity contribution < 1.29 is 0 Å². The maximum Gasteiger partial charge on any atom is 0.259 e. The Morgan fingerprint density at radius 2 is 2.05 bits per heavy atom. The van der Waals surface area contributed by atoms with Crippen LogP contribution in [0.5, 0.6) is 0 Å². The fraction of sp³-hybridized carbons (Fsp3) is 0.600. The molecule has 2 heterocycles. The number of rotatable bonds is 7. The van der Waals surface area contributed by atoms with Crippen molar-refractivity contribution in [3.63, 3.8) is 0 Å². The molecule has 0 aromatic carbocycles. The molecule has 5 nitrogen and oxygen atoms in total. The third-order valence-electron chi connectivity index (χ3n) is 3.59. The zero-order valence-corrected chi connectivity index (χ0v) is 14.1. The van der Waals surface area contributed by atoms with E-state index in [4.69, 9.17) is 0 Å². The fourth-order valence-electron chi connectivity index (χ4n) is 2.27. The van der Waals surface area contributed by atoms with Crippen LogP contribution < -0.4 is 10.9 Å². The van der Waals surface area contributed by atoms with Gasteiger partial charge in [-0.05, 0) is 59.4 Å². The van der Waals surface area contributed by atoms with E-state index in [9.17, 15) is 4.79 Å². The van der Waals surface area contributed by atoms with Crippen LogP contribution >= 0.6 is 11.3 Å². The lowest BCUT2D eigenvalue weighted by atomic mass is 10.2. The normalized spacial score (nSPS) is 11.7. The lowest BCUT2D eigenvalue weighted by Gasteiger charge is -2.09. The number of unbranched alkanes of at least 4 members (excludes halogenated alkanes) is 1. The molecule has 0 amide bonds. The van der Waals surface area contributed by atoms with E-state index in [1.165, 1.54) is 6.42 Å². The standard InChI is InChI=1S/C15H24N4OS/c1-10-11(2)21-15-13(10)14(20)17-12(18-15)9-16-7-5-6-8-19(3)4/h16H,5-9H2,1-4H3,(H,17,18,20). The Morgan fingerprint density at radius 3 is 2.76 bits per heavy atom. The molecule has 0 radical (unpaired) electrons. The minimum atomic E-state index is -0.0220. The molecule has 0 aliphatic heterocycles. The van der Waals surface area contributed by atoms with E-state index in [-0.39, 0.29) is 5.56 Å². The number of aromatic amines is 1. The molecule has 2 N–H and O–H groups in total. The van der Waals surface area contributed by atoms with Crippen molar-refractivity contribution in [2.45, 2.75) is 33.2 Å². The summed E-state index contributed by atoms with van der Waals surface area (Å²) in [6.07, 6.45) is 2.30. The minimum Gasteiger partial charge on any atom is -0.310 e. The topological polar surface area (TPSA) is 61.0 Å². The molecule has 0 unspecified atom stereocenters. The first-order valence-corrected chi connectivity index (χ1v) is 8.15. The number of aryl methyl sites for hydroxylation is 2. The second kappa shape index (κ2) is 7.15. The van der Waals surface area contributed by atoms with Crippen molar-refractivity contribution in [2.75, 3.05) is 27.2 Å². The minimum absolute atomic E-state index is 0.0220. The van der Waals surface area contributed by atoms with Gasteiger partial charge in [0.25, 0.3) is 5.56 Å². The third kappa shape index (κ3) is 4.12. The van der Waals surface area contributed by atoms with Crippen LogP contribution in [0.25, 0.3) is 10.2 Å². The van der Waals surface area contributed by atoms with Gasteiger partial charge in [0.15, 0.2) is 0 Å². The first kappa shape index (κ1) is 16.1. The van der Waals surface area contributed by atoms with Crippen LogP contribution in [0.2, 0.25) is 0 Å². The summed E-state index contributed by atoms with van der Waals surface area (Å²) in [5, 5.41) is 4.09. The number of aromatic nitrogens is 2. The van der Waals surface area contributed by atoms with Gasteiger partial charge in [0, 0.05) is 4.88 Å². The Morgan fingerprint density at radius 1 is 1.29 bits per heavy atom. The van der Waals surface area contributed by atoms with Crippen LogP contribution in [-0.2, 0) is 6.54 Å². The zero-order chi connectivity index (χ0) is 15.4. The maximum atomic E-state index is 12.1. The second-order valence-corrected chi connectivity index (χ2v) is 6.87. The summed E-state index contributed by atoms with van der Waals surface area (Å²) in [5.41, 5.74) is 1.03. The van der Waals surface area contributed by atoms with E-state index in [1.807, 2.05) is 13.8 Å². The van der Waals surface area contributed by atoms with Gasteiger partial charge < -0.3 is 15.2 Å². The molecule has 2 rings (SSSR count). The molecule has 0 saturated heterocycles. The molecular weight excluding hydrogens is 284 g/mol. The van der Waals surface area contributed by atoms with E-state index in [0.29, 0.717) is 6.54 Å². The van der Waals surface area contributed by atoms with Crippen molar-refractivity contribution in [3.8, 4) is 0 Å². The highest BCUT2D eigenvalue weighted by Gasteiger charge is 2.11. The number of hydrogen-bond acceptors (Lipinski definition) is 5. The monoisotopic (exact) mass is 308 g/mol. The molecule has 0 aliphatic rings. The van der Waals surface area contributed by atoms with Gasteiger partial charge in [0.2, 0.25) is 0 Å². The van der Waals surface area contributed by atoms with E-state index >= 15 is 0 Å². The molecular formula is C15H24N4OS. The molecule has 116 valence electrons. The van der Waals surface area contributed by atoms with Gasteiger partial charge in [-0.3, -0.25) is 4.79 Å². The van der Waals surface area contributed by atoms with E-state index in [2.05, 4.69) is 34.3 Å². The summed E-state index contributed by atoms with van der Waals surface area (Å²) in [4.78, 5) is 23.8. The Kier molecular flexibility index (Phi) is 5.50. The summed E-state index contributed by atoms with van der Waals surface area (Å²) < 4.78 is 0. The average molecular weight is 308 g/mol. The third-order valence-corrected chi connectivity index (χ3v) is 4.69. The number of hydrogen-bond donors (Lipinski definition) is 2. The fourth-order valence-corrected chi connectivity index (χ4v) is 3.32. The number of nitrogens with zero attached hydrogens (tertiary/aromatic N) is 2. The van der Waals surface area contributed by atoms with Gasteiger partial charge in [-0.2, -0.15) is 0 Å². The molecule has 0 fully saturated rings. The van der Waals surface area contributed by atoms with Gasteiger partial charge in [0.1, 0.15) is 10.7 Å². The zero-order valence-electron chi connectivity index (χ0n) is 13.2. The largest absolute Gasteiger partial charge is 0.310 e. The highest BCUT2D eigenvalue weighted by atomic mass is 32.1. The predicted octanol–water partition coefficient (Wildman–Crippen LogP) is 2.03. The smallest absolute Gasteiger partial charge is 0.259 e. The van der Waals surface area contributed by atoms with Crippen molar-refractivity contribution >= 4 is 21.6 Å². The van der Waals surface area contributed by atoms with Gasteiger partial charge in [-0.1, -0.05) is 0 Å². The average Bonchev–Trinajstić information content (AvgIpc) is 2.69. The summed E-state index contributed by atoms with van der Waals surface area (Å²) in [6, 6.07) is 0. The first-order chi connectivity index (χ1) is 9.99. The van der Waals surface area contributed by atoms with Crippen molar-refractivity contribution in [2.24, 2.45) is 0 Å². The van der Waals surface area contributed by atoms with Crippen molar-refractivity contribution in [1.29, 1.82) is 0 Å². The van der Waals surface area contributed by atoms with Crippen LogP contribution in [0.4, 0.5) is 0 Å². The number of H-pyrrole nitrogens is 1. The predicted molar refractivity (Wildman–Crippen MR) is 89.2 cm³/mol. The van der Waals surface area contributed by atoms with Gasteiger partial charge >= 0.3 is 0 Å². The van der Waals surface area contributed by atoms with Crippen LogP contribution in [0.3, 0.4) is 0 Å². The highest BCUT2D eigenvalue weighted by molar-refractivity contribution is 7.18. The van der Waals surface area contributed by atoms with Crippen LogP contribution in [0, 0.1) is 13.8 Å². The second-order valence-electron chi connectivity index (χ2n) is 5.66. The SMILES string of the molecule is Cc1sc2nc(CNCCCCN(C)C)[nH]c(=O)c2c1C. The Hall–Kier alpha value is -1.24. The van der Waals surface area contributed by atoms with E-state index in [0.717, 1.165) is 46.0 Å². The van der Waals surface area contributed by atoms with Gasteiger partial charge in [0.05, 0.1) is 11.9 Å². The number of nitrogens with one attached hydrogen (secondary N) is 2. The summed E-state index contributed by atoms with van der Waals surface area (Å²) in [7, 11) is 4.17. The van der Waals surface area contributed by atoms with E-state index < -0.39 is 0 Å². The summed E-state index contributed by atoms with van der Waals surface area (Å²) in [6.45, 7) is 6.68. The summed E-state index contributed by atoms with van der Waals surface area (Å²) in [5.74, 6) is 0.723. The lowest BCUT2D eigenvalue weighted by Crippen LogP contribution is -2.21. The van der Waals surface area contributed by atoms with Crippen LogP contribution in [0.1, 0.15) is 29.1 Å². The quantitative estimate of drug-likeness (QED) is 0.768. The Labute approximate surface area is 129 Å². The summed E-state index contributed by atoms with van der Waals surface area (Å²) >= 11 is 1.59. The van der Waals surface area contributed by atoms with Gasteiger partial charge in [-0.15, -0.1) is 11.3 Å². The molecule has 21 heavy (non-hydrogen) atoms. The Bertz CT molecular complexity index is 659. The van der Waals surface area contributed by atoms with Gasteiger partial charge in [-0.25, -0.2) is 4.98 Å². The van der Waals surface area contributed by atoms with Crippen LogP contribution in [0.15, 0.2) is 4.79 Å². The molecule has 0 saturated carbocycles. The number of fused-ring (bicyclic) bond motifs is 1. The molecule has 6 heteroatoms. The first-order valence-electron chi connectivity index (χ1n) is 7.33. The molecule has 2 aromatic rings. The van der Waals surface area contributed by atoms with Crippen molar-refractivity contribution in [3.05, 3.63) is 26.6 Å². The highest BCUT2D eigenvalue weighted by Crippen LogP contribution is 2.25. The molecule has 0 bridgehead atoms. The number of thiophene rings is 1. The Balaban J connectivity index is 1.93. The van der Waals surface area contributed by atoms with E-state index in [1.54, 1.807) is 11.3 Å².